The summed E-state index contributed by atoms with van der Waals surface area (Å²) in [4.78, 5) is 26.2. The fourth-order valence-corrected chi connectivity index (χ4v) is 3.94. The number of nitrogens with zero attached hydrogens (tertiary/aromatic N) is 1. The number of benzene rings is 3. The summed E-state index contributed by atoms with van der Waals surface area (Å²) in [6.07, 6.45) is 1.35. The molecule has 0 fully saturated rings. The number of rotatable bonds is 7. The third kappa shape index (κ3) is 5.08. The lowest BCUT2D eigenvalue weighted by molar-refractivity contribution is -0.116. The Hall–Kier alpha value is -3.38. The van der Waals surface area contributed by atoms with Crippen molar-refractivity contribution in [3.63, 3.8) is 0 Å². The molecular weight excluding hydrogens is 468 g/mol. The van der Waals surface area contributed by atoms with Gasteiger partial charge >= 0.3 is 0 Å². The lowest BCUT2D eigenvalue weighted by Gasteiger charge is -2.14. The van der Waals surface area contributed by atoms with Gasteiger partial charge < -0.3 is 10.1 Å². The first-order valence-electron chi connectivity index (χ1n) is 10.3. The molecule has 0 aliphatic heterocycles. The molecule has 0 bridgehead atoms. The standard InChI is InChI=1S/C26H23BrN2O3/c1-32-23-14-9-19-15-20(8-7-18-5-3-2-4-6-18)26(31)29(24(19)16-23)17-25(30)28-22-12-10-21(27)11-13-22/h2-6,9-16H,7-8,17H2,1H3,(H,28,30). The van der Waals surface area contributed by atoms with E-state index in [1.165, 1.54) is 10.1 Å². The average molecular weight is 491 g/mol. The van der Waals surface area contributed by atoms with Crippen molar-refractivity contribution in [2.45, 2.75) is 19.4 Å². The van der Waals surface area contributed by atoms with E-state index in [1.807, 2.05) is 60.7 Å². The number of hydrogen-bond donors (Lipinski definition) is 1. The van der Waals surface area contributed by atoms with Crippen LogP contribution in [0.15, 0.2) is 88.1 Å². The number of amides is 1. The zero-order valence-electron chi connectivity index (χ0n) is 17.7. The number of carbonyl (C=O) groups is 1. The van der Waals surface area contributed by atoms with Crippen molar-refractivity contribution in [3.05, 3.63) is 105 Å². The van der Waals surface area contributed by atoms with E-state index in [1.54, 1.807) is 13.2 Å². The molecule has 0 saturated heterocycles. The molecule has 4 rings (SSSR count). The van der Waals surface area contributed by atoms with Gasteiger partial charge in [-0.2, -0.15) is 0 Å². The van der Waals surface area contributed by atoms with E-state index < -0.39 is 0 Å². The monoisotopic (exact) mass is 490 g/mol. The smallest absolute Gasteiger partial charge is 0.254 e. The number of anilines is 1. The quantitative estimate of drug-likeness (QED) is 0.387. The van der Waals surface area contributed by atoms with Gasteiger partial charge in [0.2, 0.25) is 5.91 Å². The van der Waals surface area contributed by atoms with E-state index in [9.17, 15) is 9.59 Å². The molecule has 0 aliphatic carbocycles. The number of halogens is 1. The minimum absolute atomic E-state index is 0.0856. The summed E-state index contributed by atoms with van der Waals surface area (Å²) in [7, 11) is 1.58. The summed E-state index contributed by atoms with van der Waals surface area (Å²) in [6.45, 7) is -0.0856. The van der Waals surface area contributed by atoms with Gasteiger partial charge in [-0.1, -0.05) is 46.3 Å². The fourth-order valence-electron chi connectivity index (χ4n) is 3.68. The Morgan fingerprint density at radius 2 is 1.72 bits per heavy atom. The number of hydrogen-bond acceptors (Lipinski definition) is 3. The fraction of sp³-hybridized carbons (Fsp3) is 0.154. The van der Waals surface area contributed by atoms with Crippen LogP contribution in [-0.4, -0.2) is 17.6 Å². The van der Waals surface area contributed by atoms with Crippen LogP contribution in [0.4, 0.5) is 5.69 Å². The molecule has 0 radical (unpaired) electrons. The summed E-state index contributed by atoms with van der Waals surface area (Å²) in [5, 5.41) is 3.76. The highest BCUT2D eigenvalue weighted by Gasteiger charge is 2.14. The van der Waals surface area contributed by atoms with Crippen LogP contribution in [0.3, 0.4) is 0 Å². The molecule has 4 aromatic rings. The molecule has 0 spiro atoms. The van der Waals surface area contributed by atoms with Crippen molar-refractivity contribution in [2.24, 2.45) is 0 Å². The lowest BCUT2D eigenvalue weighted by Crippen LogP contribution is -2.30. The zero-order chi connectivity index (χ0) is 22.5. The van der Waals surface area contributed by atoms with Crippen LogP contribution in [0.2, 0.25) is 0 Å². The van der Waals surface area contributed by atoms with Gasteiger partial charge in [0.05, 0.1) is 12.6 Å². The minimum atomic E-state index is -0.265. The maximum atomic E-state index is 13.4. The van der Waals surface area contributed by atoms with Crippen molar-refractivity contribution >= 4 is 38.4 Å². The predicted octanol–water partition coefficient (Wildman–Crippen LogP) is 5.20. The molecule has 0 aliphatic rings. The molecule has 162 valence electrons. The molecule has 6 heteroatoms. The molecule has 1 aromatic heterocycles. The summed E-state index contributed by atoms with van der Waals surface area (Å²) in [6, 6.07) is 24.9. The zero-order valence-corrected chi connectivity index (χ0v) is 19.3. The van der Waals surface area contributed by atoms with Crippen LogP contribution >= 0.6 is 15.9 Å². The molecule has 1 heterocycles. The number of aromatic nitrogens is 1. The minimum Gasteiger partial charge on any atom is -0.497 e. The topological polar surface area (TPSA) is 60.3 Å². The molecular formula is C26H23BrN2O3. The maximum Gasteiger partial charge on any atom is 0.254 e. The van der Waals surface area contributed by atoms with E-state index >= 15 is 0 Å². The third-order valence-corrected chi connectivity index (χ3v) is 5.86. The van der Waals surface area contributed by atoms with E-state index in [0.717, 1.165) is 16.3 Å². The lowest BCUT2D eigenvalue weighted by atomic mass is 10.0. The Bertz CT molecular complexity index is 1300. The summed E-state index contributed by atoms with van der Waals surface area (Å²) < 4.78 is 7.81. The van der Waals surface area contributed by atoms with Crippen LogP contribution in [0, 0.1) is 0 Å². The van der Waals surface area contributed by atoms with E-state index in [4.69, 9.17) is 4.74 Å². The SMILES string of the molecule is COc1ccc2cc(CCc3ccccc3)c(=O)n(CC(=O)Nc3ccc(Br)cc3)c2c1. The summed E-state index contributed by atoms with van der Waals surface area (Å²) in [5.41, 5.74) is 3.04. The molecule has 0 unspecified atom stereocenters. The summed E-state index contributed by atoms with van der Waals surface area (Å²) in [5.74, 6) is 0.370. The van der Waals surface area contributed by atoms with E-state index in [-0.39, 0.29) is 18.0 Å². The number of carbonyl (C=O) groups excluding carboxylic acids is 1. The molecule has 1 amide bonds. The van der Waals surface area contributed by atoms with Crippen molar-refractivity contribution < 1.29 is 9.53 Å². The molecule has 32 heavy (non-hydrogen) atoms. The number of pyridine rings is 1. The van der Waals surface area contributed by atoms with Crippen LogP contribution in [0.1, 0.15) is 11.1 Å². The number of aryl methyl sites for hydroxylation is 2. The maximum absolute atomic E-state index is 13.4. The Kier molecular flexibility index (Phi) is 6.71. The molecule has 0 saturated carbocycles. The molecule has 5 nitrogen and oxygen atoms in total. The van der Waals surface area contributed by atoms with Gasteiger partial charge in [0.25, 0.3) is 5.56 Å². The highest BCUT2D eigenvalue weighted by molar-refractivity contribution is 9.10. The van der Waals surface area contributed by atoms with Gasteiger partial charge in [-0.25, -0.2) is 0 Å². The molecule has 3 aromatic carbocycles. The van der Waals surface area contributed by atoms with Gasteiger partial charge in [-0.3, -0.25) is 14.2 Å². The Labute approximate surface area is 194 Å². The normalized spacial score (nSPS) is 10.8. The first-order chi connectivity index (χ1) is 15.5. The van der Waals surface area contributed by atoms with Crippen LogP contribution in [-0.2, 0) is 24.2 Å². The van der Waals surface area contributed by atoms with Crippen molar-refractivity contribution in [1.82, 2.24) is 4.57 Å². The van der Waals surface area contributed by atoms with Crippen molar-refractivity contribution in [1.29, 1.82) is 0 Å². The van der Waals surface area contributed by atoms with Crippen LogP contribution < -0.4 is 15.6 Å². The first-order valence-corrected chi connectivity index (χ1v) is 11.1. The second-order valence-corrected chi connectivity index (χ2v) is 8.44. The second-order valence-electron chi connectivity index (χ2n) is 7.53. The van der Waals surface area contributed by atoms with Gasteiger partial charge in [0, 0.05) is 21.8 Å². The second kappa shape index (κ2) is 9.83. The molecule has 0 atom stereocenters. The van der Waals surface area contributed by atoms with Crippen molar-refractivity contribution in [3.8, 4) is 5.75 Å². The Morgan fingerprint density at radius 3 is 2.44 bits per heavy atom. The number of methoxy groups -OCH3 is 1. The number of nitrogens with one attached hydrogen (secondary N) is 1. The van der Waals surface area contributed by atoms with Crippen LogP contribution in [0.25, 0.3) is 10.9 Å². The van der Waals surface area contributed by atoms with Gasteiger partial charge in [-0.05, 0) is 66.3 Å². The van der Waals surface area contributed by atoms with E-state index in [0.29, 0.717) is 28.9 Å². The highest BCUT2D eigenvalue weighted by atomic mass is 79.9. The third-order valence-electron chi connectivity index (χ3n) is 5.33. The van der Waals surface area contributed by atoms with Crippen LogP contribution in [0.5, 0.6) is 5.75 Å². The number of ether oxygens (including phenoxy) is 1. The van der Waals surface area contributed by atoms with Gasteiger partial charge in [0.15, 0.2) is 0 Å². The van der Waals surface area contributed by atoms with E-state index in [2.05, 4.69) is 33.4 Å². The average Bonchev–Trinajstić information content (AvgIpc) is 2.81. The predicted molar refractivity (Wildman–Crippen MR) is 131 cm³/mol. The van der Waals surface area contributed by atoms with Crippen molar-refractivity contribution in [2.75, 3.05) is 12.4 Å². The largest absolute Gasteiger partial charge is 0.497 e. The number of fused-ring (bicyclic) bond motifs is 1. The van der Waals surface area contributed by atoms with Gasteiger partial charge in [-0.15, -0.1) is 0 Å². The Morgan fingerprint density at radius 1 is 0.969 bits per heavy atom. The highest BCUT2D eigenvalue weighted by Crippen LogP contribution is 2.21. The summed E-state index contributed by atoms with van der Waals surface area (Å²) >= 11 is 3.39. The van der Waals surface area contributed by atoms with Gasteiger partial charge in [0.1, 0.15) is 12.3 Å². The molecule has 1 N–H and O–H groups in total. The first kappa shape index (κ1) is 21.8. The Balaban J connectivity index is 1.67.